The van der Waals surface area contributed by atoms with E-state index in [1.165, 1.54) is 0 Å². The van der Waals surface area contributed by atoms with Gasteiger partial charge in [0.2, 0.25) is 0 Å². The summed E-state index contributed by atoms with van der Waals surface area (Å²) >= 11 is 0. The van der Waals surface area contributed by atoms with Crippen molar-refractivity contribution in [1.29, 1.82) is 0 Å². The minimum Gasteiger partial charge on any atom is -0.371 e. The number of hydrogen-bond acceptors (Lipinski definition) is 1. The van der Waals surface area contributed by atoms with Crippen LogP contribution in [0.5, 0.6) is 0 Å². The second-order valence-electron chi connectivity index (χ2n) is 2.94. The first-order valence-electron chi connectivity index (χ1n) is 4.54. The van der Waals surface area contributed by atoms with E-state index in [0.29, 0.717) is 5.57 Å². The van der Waals surface area contributed by atoms with Crippen LogP contribution < -0.4 is 0 Å². The van der Waals surface area contributed by atoms with Crippen molar-refractivity contribution >= 4 is 0 Å². The third-order valence-corrected chi connectivity index (χ3v) is 2.03. The zero-order valence-electron chi connectivity index (χ0n) is 8.60. The monoisotopic (exact) mass is 196 g/mol. The summed E-state index contributed by atoms with van der Waals surface area (Å²) < 4.78 is 5.34. The van der Waals surface area contributed by atoms with Crippen molar-refractivity contribution < 1.29 is 4.74 Å². The van der Waals surface area contributed by atoms with Gasteiger partial charge < -0.3 is 4.74 Å². The Hall–Kier alpha value is -1.96. The predicted molar refractivity (Wildman–Crippen MR) is 61.9 cm³/mol. The third-order valence-electron chi connectivity index (χ3n) is 2.03. The van der Waals surface area contributed by atoms with E-state index in [-0.39, 0.29) is 6.10 Å². The zero-order valence-corrected chi connectivity index (χ0v) is 8.60. The number of rotatable bonds is 3. The molecule has 1 aromatic carbocycles. The molecule has 0 spiro atoms. The molecule has 74 valence electrons. The fourth-order valence-corrected chi connectivity index (χ4v) is 1.35. The van der Waals surface area contributed by atoms with Gasteiger partial charge in [-0.2, -0.15) is 0 Å². The summed E-state index contributed by atoms with van der Waals surface area (Å²) in [5.74, 6) is 4.96. The Morgan fingerprint density at radius 2 is 2.00 bits per heavy atom. The second-order valence-corrected chi connectivity index (χ2v) is 2.94. The maximum absolute atomic E-state index is 5.38. The van der Waals surface area contributed by atoms with Crippen molar-refractivity contribution in [3.05, 3.63) is 47.5 Å². The lowest BCUT2D eigenvalue weighted by Crippen LogP contribution is -2.03. The van der Waals surface area contributed by atoms with Crippen LogP contribution in [0.1, 0.15) is 11.7 Å². The zero-order chi connectivity index (χ0) is 11.1. The molecule has 0 N–H and O–H groups in total. The van der Waals surface area contributed by atoms with E-state index in [2.05, 4.69) is 11.8 Å². The topological polar surface area (TPSA) is 9.23 Å². The summed E-state index contributed by atoms with van der Waals surface area (Å²) in [4.78, 5) is 0. The van der Waals surface area contributed by atoms with E-state index >= 15 is 0 Å². The van der Waals surface area contributed by atoms with Crippen molar-refractivity contribution in [3.63, 3.8) is 0 Å². The Kier molecular flexibility index (Phi) is 4.23. The largest absolute Gasteiger partial charge is 0.371 e. The highest BCUT2D eigenvalue weighted by atomic mass is 16.5. The first-order valence-corrected chi connectivity index (χ1v) is 4.54. The van der Waals surface area contributed by atoms with Gasteiger partial charge in [-0.1, -0.05) is 42.2 Å². The SMILES string of the molecule is C#C/C=C(\C#C)C(OC)c1ccccc1. The molecule has 0 aliphatic rings. The fourth-order valence-electron chi connectivity index (χ4n) is 1.35. The molecule has 1 atom stereocenters. The summed E-state index contributed by atoms with van der Waals surface area (Å²) in [5, 5.41) is 0. The molecule has 1 rings (SSSR count). The molecular formula is C14H12O. The van der Waals surface area contributed by atoms with Crippen LogP contribution in [0, 0.1) is 24.7 Å². The van der Waals surface area contributed by atoms with Gasteiger partial charge in [0.05, 0.1) is 0 Å². The van der Waals surface area contributed by atoms with Gasteiger partial charge in [-0.3, -0.25) is 0 Å². The molecule has 1 aromatic rings. The van der Waals surface area contributed by atoms with Crippen molar-refractivity contribution in [2.45, 2.75) is 6.10 Å². The van der Waals surface area contributed by atoms with Crippen molar-refractivity contribution in [2.75, 3.05) is 7.11 Å². The lowest BCUT2D eigenvalue weighted by atomic mass is 10.0. The van der Waals surface area contributed by atoms with Gasteiger partial charge in [0, 0.05) is 18.8 Å². The quantitative estimate of drug-likeness (QED) is 0.675. The molecule has 0 aromatic heterocycles. The van der Waals surface area contributed by atoms with Crippen LogP contribution in [0.3, 0.4) is 0 Å². The van der Waals surface area contributed by atoms with Crippen molar-refractivity contribution in [2.24, 2.45) is 0 Å². The Morgan fingerprint density at radius 3 is 2.47 bits per heavy atom. The van der Waals surface area contributed by atoms with E-state index in [4.69, 9.17) is 17.6 Å². The molecule has 0 bridgehead atoms. The van der Waals surface area contributed by atoms with E-state index < -0.39 is 0 Å². The standard InChI is InChI=1S/C14H12O/c1-4-9-12(5-2)14(15-3)13-10-7-6-8-11-13/h1-2,6-11,14H,3H3/b12-9+. The Morgan fingerprint density at radius 1 is 1.33 bits per heavy atom. The second kappa shape index (κ2) is 5.70. The minimum atomic E-state index is -0.257. The fraction of sp³-hybridized carbons (Fsp3) is 0.143. The normalized spacial score (nSPS) is 12.6. The highest BCUT2D eigenvalue weighted by Crippen LogP contribution is 2.23. The molecule has 0 fully saturated rings. The smallest absolute Gasteiger partial charge is 0.116 e. The maximum Gasteiger partial charge on any atom is 0.116 e. The molecule has 1 heteroatoms. The number of ether oxygens (including phenoxy) is 1. The predicted octanol–water partition coefficient (Wildman–Crippen LogP) is 2.57. The van der Waals surface area contributed by atoms with E-state index in [1.54, 1.807) is 13.2 Å². The lowest BCUT2D eigenvalue weighted by molar-refractivity contribution is 0.137. The molecule has 0 amide bonds. The van der Waals surface area contributed by atoms with Gasteiger partial charge in [-0.15, -0.1) is 12.8 Å². The van der Waals surface area contributed by atoms with E-state index in [9.17, 15) is 0 Å². The summed E-state index contributed by atoms with van der Waals surface area (Å²) in [5.41, 5.74) is 1.66. The van der Waals surface area contributed by atoms with Gasteiger partial charge in [-0.25, -0.2) is 0 Å². The molecule has 1 unspecified atom stereocenters. The molecule has 0 radical (unpaired) electrons. The van der Waals surface area contributed by atoms with Gasteiger partial charge in [0.15, 0.2) is 0 Å². The summed E-state index contributed by atoms with van der Waals surface area (Å²) in [6.45, 7) is 0. The molecule has 0 aliphatic heterocycles. The molecule has 0 heterocycles. The molecular weight excluding hydrogens is 184 g/mol. The first kappa shape index (κ1) is 11.1. The maximum atomic E-state index is 5.38. The number of hydrogen-bond donors (Lipinski definition) is 0. The molecule has 0 saturated heterocycles. The van der Waals surface area contributed by atoms with Gasteiger partial charge in [0.25, 0.3) is 0 Å². The number of terminal acetylenes is 2. The first-order chi connectivity index (χ1) is 7.33. The van der Waals surface area contributed by atoms with Crippen molar-refractivity contribution in [3.8, 4) is 24.7 Å². The number of allylic oxidation sites excluding steroid dienone is 1. The third kappa shape index (κ3) is 2.74. The molecule has 1 nitrogen and oxygen atoms in total. The van der Waals surface area contributed by atoms with Crippen LogP contribution in [-0.2, 0) is 4.74 Å². The van der Waals surface area contributed by atoms with Crippen LogP contribution in [0.25, 0.3) is 0 Å². The Labute approximate surface area is 90.8 Å². The summed E-state index contributed by atoms with van der Waals surface area (Å²) in [6.07, 6.45) is 11.9. The van der Waals surface area contributed by atoms with Crippen LogP contribution in [0.4, 0.5) is 0 Å². The number of methoxy groups -OCH3 is 1. The summed E-state index contributed by atoms with van der Waals surface area (Å²) in [7, 11) is 1.61. The van der Waals surface area contributed by atoms with E-state index in [0.717, 1.165) is 5.56 Å². The Balaban J connectivity index is 3.06. The van der Waals surface area contributed by atoms with Crippen LogP contribution in [0.15, 0.2) is 42.0 Å². The van der Waals surface area contributed by atoms with Crippen LogP contribution in [-0.4, -0.2) is 7.11 Å². The highest BCUT2D eigenvalue weighted by molar-refractivity contribution is 5.40. The number of benzene rings is 1. The van der Waals surface area contributed by atoms with Crippen LogP contribution >= 0.6 is 0 Å². The summed E-state index contributed by atoms with van der Waals surface area (Å²) in [6, 6.07) is 9.72. The van der Waals surface area contributed by atoms with Crippen molar-refractivity contribution in [1.82, 2.24) is 0 Å². The highest BCUT2D eigenvalue weighted by Gasteiger charge is 2.13. The van der Waals surface area contributed by atoms with Crippen LogP contribution in [0.2, 0.25) is 0 Å². The van der Waals surface area contributed by atoms with Gasteiger partial charge in [0.1, 0.15) is 6.10 Å². The Bertz CT molecular complexity index is 415. The lowest BCUT2D eigenvalue weighted by Gasteiger charge is -2.14. The van der Waals surface area contributed by atoms with E-state index in [1.807, 2.05) is 30.3 Å². The average molecular weight is 196 g/mol. The van der Waals surface area contributed by atoms with Gasteiger partial charge >= 0.3 is 0 Å². The molecule has 0 aliphatic carbocycles. The minimum absolute atomic E-state index is 0.257. The molecule has 0 saturated carbocycles. The molecule has 15 heavy (non-hydrogen) atoms. The van der Waals surface area contributed by atoms with Gasteiger partial charge in [-0.05, 0) is 5.56 Å². The average Bonchev–Trinajstić information content (AvgIpc) is 2.30.